The molecule has 4 heterocycles. The number of phenolic OH excluding ortho intramolecular Hbond substituents is 1. The normalized spacial score (nSPS) is 19.0. The van der Waals surface area contributed by atoms with Crippen molar-refractivity contribution in [2.24, 2.45) is 0 Å². The van der Waals surface area contributed by atoms with Crippen molar-refractivity contribution >= 4 is 41.7 Å². The van der Waals surface area contributed by atoms with Gasteiger partial charge in [0.2, 0.25) is 0 Å². The molecule has 0 aliphatic carbocycles. The Kier molecular flexibility index (Phi) is 5.38. The summed E-state index contributed by atoms with van der Waals surface area (Å²) in [7, 11) is -2.06. The van der Waals surface area contributed by atoms with E-state index in [1.165, 1.54) is 0 Å². The molecule has 0 amide bonds. The Morgan fingerprint density at radius 2 is 2.00 bits per heavy atom. The second-order valence-corrected chi connectivity index (χ2v) is 14.9. The number of nitrogens with zero attached hydrogens (tertiary/aromatic N) is 2. The predicted molar refractivity (Wildman–Crippen MR) is 133 cm³/mol. The molecule has 34 heavy (non-hydrogen) atoms. The molecule has 2 N–H and O–H groups in total. The first-order valence-corrected chi connectivity index (χ1v) is 15.3. The van der Waals surface area contributed by atoms with Crippen molar-refractivity contribution in [3.05, 3.63) is 51.3 Å². The van der Waals surface area contributed by atoms with Crippen LogP contribution < -0.4 is 10.7 Å². The van der Waals surface area contributed by atoms with Gasteiger partial charge in [-0.3, -0.25) is 4.79 Å². The summed E-state index contributed by atoms with van der Waals surface area (Å²) in [6, 6.07) is 7.85. The number of aliphatic hydroxyl groups is 1. The molecule has 1 aromatic carbocycles. The highest BCUT2D eigenvalue weighted by molar-refractivity contribution is 6.91. The molecular weight excluding hydrogens is 472 g/mol. The molecule has 0 saturated heterocycles. The monoisotopic (exact) mass is 498 g/mol. The molecule has 0 bridgehead atoms. The number of pyridine rings is 2. The molecule has 0 radical (unpaired) electrons. The van der Waals surface area contributed by atoms with E-state index in [4.69, 9.17) is 21.3 Å². The number of phenols is 1. The van der Waals surface area contributed by atoms with E-state index in [0.717, 1.165) is 34.1 Å². The van der Waals surface area contributed by atoms with Crippen LogP contribution in [0.4, 0.5) is 0 Å². The fraction of sp³-hybridized carbons (Fsp3) is 0.400. The molecule has 2 aliphatic heterocycles. The van der Waals surface area contributed by atoms with Gasteiger partial charge < -0.3 is 19.5 Å². The van der Waals surface area contributed by atoms with Gasteiger partial charge in [-0.15, -0.1) is 11.6 Å². The number of halogens is 1. The SMILES string of the molecule is CCC1(O)C(=O)OCc2c1cc1n(c2=O)Cc2c-1nc1ccc(O)cc1c2[Si](C)(C)CCCCl. The van der Waals surface area contributed by atoms with E-state index in [1.54, 1.807) is 35.8 Å². The van der Waals surface area contributed by atoms with Crippen LogP contribution in [0.5, 0.6) is 5.75 Å². The highest BCUT2D eigenvalue weighted by Gasteiger charge is 2.46. The lowest BCUT2D eigenvalue weighted by Gasteiger charge is -2.31. The predicted octanol–water partition coefficient (Wildman–Crippen LogP) is 3.33. The summed E-state index contributed by atoms with van der Waals surface area (Å²) in [4.78, 5) is 30.9. The van der Waals surface area contributed by atoms with Crippen molar-refractivity contribution in [1.29, 1.82) is 0 Å². The maximum atomic E-state index is 13.6. The summed E-state index contributed by atoms with van der Waals surface area (Å²) in [6.07, 6.45) is 0.977. The third kappa shape index (κ3) is 3.23. The lowest BCUT2D eigenvalue weighted by Crippen LogP contribution is -2.45. The van der Waals surface area contributed by atoms with Gasteiger partial charge in [0.15, 0.2) is 5.60 Å². The van der Waals surface area contributed by atoms with E-state index in [-0.39, 0.29) is 24.3 Å². The number of carbonyl (C=O) groups is 1. The van der Waals surface area contributed by atoms with Gasteiger partial charge in [-0.25, -0.2) is 9.78 Å². The van der Waals surface area contributed by atoms with Gasteiger partial charge in [0, 0.05) is 16.8 Å². The molecule has 1 atom stereocenters. The number of cyclic esters (lactones) is 1. The molecule has 7 nitrogen and oxygen atoms in total. The zero-order chi connectivity index (χ0) is 24.4. The van der Waals surface area contributed by atoms with Crippen LogP contribution in [0.25, 0.3) is 22.3 Å². The zero-order valence-electron chi connectivity index (χ0n) is 19.4. The molecular formula is C25H27ClN2O5Si. The molecule has 3 aromatic rings. The first-order chi connectivity index (χ1) is 16.1. The van der Waals surface area contributed by atoms with E-state index in [0.29, 0.717) is 34.9 Å². The van der Waals surface area contributed by atoms with Crippen LogP contribution in [0.2, 0.25) is 19.1 Å². The lowest BCUT2D eigenvalue weighted by molar-refractivity contribution is -0.172. The Morgan fingerprint density at radius 3 is 2.71 bits per heavy atom. The highest BCUT2D eigenvalue weighted by Crippen LogP contribution is 2.39. The summed E-state index contributed by atoms with van der Waals surface area (Å²) in [5.41, 5.74) is 1.48. The maximum Gasteiger partial charge on any atom is 0.343 e. The topological polar surface area (TPSA) is 102 Å². The summed E-state index contributed by atoms with van der Waals surface area (Å²) in [5.74, 6) is 0.00917. The minimum Gasteiger partial charge on any atom is -0.508 e. The largest absolute Gasteiger partial charge is 0.508 e. The first kappa shape index (κ1) is 23.1. The second kappa shape index (κ2) is 7.93. The average molecular weight is 499 g/mol. The third-order valence-electron chi connectivity index (χ3n) is 7.28. The van der Waals surface area contributed by atoms with E-state index in [1.807, 2.05) is 0 Å². The lowest BCUT2D eigenvalue weighted by atomic mass is 9.86. The van der Waals surface area contributed by atoms with Gasteiger partial charge in [-0.1, -0.05) is 26.1 Å². The van der Waals surface area contributed by atoms with Crippen LogP contribution in [-0.4, -0.2) is 39.7 Å². The number of rotatable bonds is 5. The van der Waals surface area contributed by atoms with Gasteiger partial charge in [-0.05, 0) is 47.9 Å². The number of fused-ring (bicyclic) bond motifs is 5. The van der Waals surface area contributed by atoms with Crippen LogP contribution in [-0.2, 0) is 28.3 Å². The molecule has 9 heteroatoms. The smallest absolute Gasteiger partial charge is 0.343 e. The molecule has 178 valence electrons. The van der Waals surface area contributed by atoms with Crippen molar-refractivity contribution in [3.8, 4) is 17.1 Å². The summed E-state index contributed by atoms with van der Waals surface area (Å²) < 4.78 is 6.84. The first-order valence-electron chi connectivity index (χ1n) is 11.5. The average Bonchev–Trinajstić information content (AvgIpc) is 3.17. The van der Waals surface area contributed by atoms with Crippen molar-refractivity contribution < 1.29 is 19.7 Å². The number of hydrogen-bond acceptors (Lipinski definition) is 6. The molecule has 0 saturated carbocycles. The van der Waals surface area contributed by atoms with Gasteiger partial charge in [0.1, 0.15) is 12.4 Å². The summed E-state index contributed by atoms with van der Waals surface area (Å²) in [6.45, 7) is 6.44. The summed E-state index contributed by atoms with van der Waals surface area (Å²) >= 11 is 6.04. The Morgan fingerprint density at radius 1 is 1.24 bits per heavy atom. The fourth-order valence-corrected chi connectivity index (χ4v) is 9.09. The van der Waals surface area contributed by atoms with E-state index >= 15 is 0 Å². The van der Waals surface area contributed by atoms with Crippen molar-refractivity contribution in [1.82, 2.24) is 9.55 Å². The second-order valence-electron chi connectivity index (χ2n) is 9.79. The Labute approximate surface area is 203 Å². The minimum atomic E-state index is -2.06. The van der Waals surface area contributed by atoms with Gasteiger partial charge in [0.25, 0.3) is 5.56 Å². The number of esters is 1. The Bertz CT molecular complexity index is 1420. The molecule has 1 unspecified atom stereocenters. The standard InChI is InChI=1S/C25H27ClN2O5Si/c1-4-25(32)18-11-20-21-16(12-28(20)23(30)17(18)13-33-24(25)31)22(34(2,3)9-5-8-26)15-10-14(29)6-7-19(15)27-21/h6-7,10-11,29,32H,4-5,8-9,12-13H2,1-3H3. The number of alkyl halides is 1. The number of aromatic hydroxyl groups is 1. The molecule has 2 aromatic heterocycles. The fourth-order valence-electron chi connectivity index (χ4n) is 5.47. The van der Waals surface area contributed by atoms with E-state index in [9.17, 15) is 19.8 Å². The molecule has 5 rings (SSSR count). The summed E-state index contributed by atoms with van der Waals surface area (Å²) in [5, 5.41) is 23.4. The van der Waals surface area contributed by atoms with E-state index in [2.05, 4.69) is 13.1 Å². The van der Waals surface area contributed by atoms with Gasteiger partial charge >= 0.3 is 5.97 Å². The van der Waals surface area contributed by atoms with Gasteiger partial charge in [-0.2, -0.15) is 0 Å². The highest BCUT2D eigenvalue weighted by atomic mass is 35.5. The van der Waals surface area contributed by atoms with Crippen LogP contribution in [0.15, 0.2) is 29.1 Å². The Balaban J connectivity index is 1.82. The number of benzene rings is 1. The van der Waals surface area contributed by atoms with E-state index < -0.39 is 19.6 Å². The minimum absolute atomic E-state index is 0.0998. The zero-order valence-corrected chi connectivity index (χ0v) is 21.2. The van der Waals surface area contributed by atoms with Gasteiger partial charge in [0.05, 0.1) is 37.1 Å². The van der Waals surface area contributed by atoms with Crippen LogP contribution in [0.3, 0.4) is 0 Å². The quantitative estimate of drug-likeness (QED) is 0.248. The Hall–Kier alpha value is -2.68. The third-order valence-corrected chi connectivity index (χ3v) is 11.1. The van der Waals surface area contributed by atoms with Crippen molar-refractivity contribution in [3.63, 3.8) is 0 Å². The molecule has 0 spiro atoms. The van der Waals surface area contributed by atoms with Crippen LogP contribution in [0.1, 0.15) is 36.5 Å². The number of hydrogen-bond donors (Lipinski definition) is 2. The maximum absolute atomic E-state index is 13.6. The van der Waals surface area contributed by atoms with Crippen LogP contribution >= 0.6 is 11.6 Å². The number of ether oxygens (including phenoxy) is 1. The number of carbonyl (C=O) groups excluding carboxylic acids is 1. The van der Waals surface area contributed by atoms with Crippen LogP contribution in [0, 0.1) is 0 Å². The number of aromatic nitrogens is 2. The molecule has 2 aliphatic rings. The van der Waals surface area contributed by atoms with Crippen molar-refractivity contribution in [2.45, 2.75) is 57.7 Å². The van der Waals surface area contributed by atoms with Crippen molar-refractivity contribution in [2.75, 3.05) is 5.88 Å². The molecule has 0 fully saturated rings.